The molecule has 2 aromatic rings. The van der Waals surface area contributed by atoms with Crippen molar-refractivity contribution in [2.24, 2.45) is 0 Å². The van der Waals surface area contributed by atoms with Crippen molar-refractivity contribution in [3.63, 3.8) is 0 Å². The molecule has 0 saturated carbocycles. The Morgan fingerprint density at radius 2 is 0.609 bits per heavy atom. The van der Waals surface area contributed by atoms with Crippen LogP contribution in [0.3, 0.4) is 0 Å². The van der Waals surface area contributed by atoms with Crippen LogP contribution in [0.25, 0.3) is 0 Å². The Morgan fingerprint density at radius 3 is 0.739 bits per heavy atom. The standard InChI is InChI=1S/2C8H5NO7.4Cu.2O2.6H2O/c2*10-5-2(6(11)12)1-3(7(13)14)9-4(5)8(15)16;;;;;2*1-2;;;;;;/h2*1,10H,(H,11,12)(H,13,14)(H,15,16);;;;;;;6*1H2/q;;4*+2;;;;;;;;/p-8. The second kappa shape index (κ2) is 36.9. The maximum absolute atomic E-state index is 11.1. The summed E-state index contributed by atoms with van der Waals surface area (Å²) in [5, 5.41) is 84.5. The van der Waals surface area contributed by atoms with Crippen molar-refractivity contribution >= 4 is 35.8 Å². The Hall–Kier alpha value is -4.24. The molecule has 2 heterocycles. The van der Waals surface area contributed by atoms with Crippen LogP contribution in [0, 0.1) is 19.9 Å². The maximum atomic E-state index is 11.1. The molecule has 0 saturated heterocycles. The average molecular weight is 872 g/mol. The summed E-state index contributed by atoms with van der Waals surface area (Å²) < 4.78 is 0. The Morgan fingerprint density at radius 1 is 0.413 bits per heavy atom. The number of rotatable bonds is 6. The fourth-order valence-electron chi connectivity index (χ4n) is 1.86. The second-order valence-electron chi connectivity index (χ2n) is 5.19. The Kier molecular flexibility index (Phi) is 62.9. The Balaban J connectivity index is -0.0000000378. The van der Waals surface area contributed by atoms with Gasteiger partial charge < -0.3 is 102 Å². The van der Waals surface area contributed by atoms with Crippen LogP contribution in [0.4, 0.5) is 0 Å². The van der Waals surface area contributed by atoms with Crippen molar-refractivity contribution < 1.29 is 171 Å². The molecule has 46 heavy (non-hydrogen) atoms. The molecule has 2 aromatic heterocycles. The summed E-state index contributed by atoms with van der Waals surface area (Å²) in [5.74, 6) is -15.0. The molecule has 30 heteroatoms. The molecule has 276 valence electrons. The van der Waals surface area contributed by atoms with E-state index in [2.05, 4.69) is 9.97 Å². The molecule has 0 aliphatic carbocycles. The van der Waals surface area contributed by atoms with Gasteiger partial charge in [0.15, 0.2) is 0 Å². The SMILES string of the molecule is O.O.O.O.O.O.O=C([O-])c1cc(C(=O)[O-])c([O-])c(C(=O)[O-])n1.O=C([O-])c1cc(C(=O)[O-])c([O-])c(C(=O)[O-])n1.O=O.O=O.[Cu+2].[Cu+2].[Cu+2].[Cu+2]. The van der Waals surface area contributed by atoms with Crippen molar-refractivity contribution in [3.05, 3.63) is 65.9 Å². The van der Waals surface area contributed by atoms with Gasteiger partial charge in [-0.1, -0.05) is 11.5 Å². The van der Waals surface area contributed by atoms with E-state index in [-0.39, 0.29) is 101 Å². The first-order chi connectivity index (χ1) is 16.7. The number of nitrogens with zero attached hydrogens (tertiary/aromatic N) is 2. The van der Waals surface area contributed by atoms with Gasteiger partial charge in [0.25, 0.3) is 0 Å². The summed E-state index contributed by atoms with van der Waals surface area (Å²) in [6.45, 7) is 0. The third-order valence-corrected chi connectivity index (χ3v) is 3.19. The molecule has 26 nitrogen and oxygen atoms in total. The molecule has 12 N–H and O–H groups in total. The molecular weight excluding hydrogens is 858 g/mol. The van der Waals surface area contributed by atoms with E-state index in [0.717, 1.165) is 0 Å². The van der Waals surface area contributed by atoms with Gasteiger partial charge in [-0.05, 0) is 23.3 Å². The van der Waals surface area contributed by atoms with Gasteiger partial charge in [-0.2, -0.15) is 0 Å². The summed E-state index contributed by atoms with van der Waals surface area (Å²) >= 11 is 0. The Labute approximate surface area is 293 Å². The van der Waals surface area contributed by atoms with E-state index in [1.807, 2.05) is 0 Å². The van der Waals surface area contributed by atoms with E-state index in [4.69, 9.17) is 19.9 Å². The Bertz CT molecular complexity index is 1070. The molecular formula is C16H14Cu4N2O24. The van der Waals surface area contributed by atoms with Crippen LogP contribution in [-0.4, -0.2) is 78.6 Å². The van der Waals surface area contributed by atoms with Crippen molar-refractivity contribution in [2.75, 3.05) is 0 Å². The quantitative estimate of drug-likeness (QED) is 0.243. The van der Waals surface area contributed by atoms with Crippen LogP contribution in [-0.2, 0) is 68.3 Å². The van der Waals surface area contributed by atoms with Gasteiger partial charge in [-0.3, -0.25) is 0 Å². The van der Waals surface area contributed by atoms with Crippen LogP contribution >= 0.6 is 0 Å². The largest absolute Gasteiger partial charge is 2.00 e. The monoisotopic (exact) mass is 870 g/mol. The number of aromatic nitrogens is 2. The molecule has 0 aromatic carbocycles. The topological polar surface area (TPSA) is 570 Å². The molecule has 0 bridgehead atoms. The molecule has 0 unspecified atom stereocenters. The van der Waals surface area contributed by atoms with E-state index in [1.165, 1.54) is 0 Å². The van der Waals surface area contributed by atoms with Crippen LogP contribution in [0.1, 0.15) is 62.7 Å². The molecule has 0 aliphatic heterocycles. The fraction of sp³-hybridized carbons (Fsp3) is 0. The first-order valence-electron chi connectivity index (χ1n) is 7.74. The van der Waals surface area contributed by atoms with Crippen molar-refractivity contribution in [1.29, 1.82) is 0 Å². The van der Waals surface area contributed by atoms with Crippen molar-refractivity contribution in [2.45, 2.75) is 0 Å². The van der Waals surface area contributed by atoms with Gasteiger partial charge in [0.1, 0.15) is 0 Å². The number of carbonyl (C=O) groups is 6. The van der Waals surface area contributed by atoms with Crippen molar-refractivity contribution in [3.8, 4) is 11.5 Å². The zero-order chi connectivity index (χ0) is 28.9. The minimum Gasteiger partial charge on any atom is -0.871 e. The summed E-state index contributed by atoms with van der Waals surface area (Å²) in [6, 6.07) is 0.721. The third-order valence-electron chi connectivity index (χ3n) is 3.19. The van der Waals surface area contributed by atoms with Crippen LogP contribution in [0.2, 0.25) is 0 Å². The molecule has 0 fully saturated rings. The predicted octanol–water partition coefficient (Wildman–Crippen LogP) is -14.3. The average Bonchev–Trinajstić information content (AvgIpc) is 2.81. The normalized spacial score (nSPS) is 6.96. The minimum absolute atomic E-state index is 0. The number of aromatic carboxylic acids is 6. The molecule has 2 rings (SSSR count). The number of carboxylic acids is 6. The van der Waals surface area contributed by atoms with E-state index in [1.54, 1.807) is 0 Å². The second-order valence-corrected chi connectivity index (χ2v) is 5.19. The van der Waals surface area contributed by atoms with E-state index >= 15 is 0 Å². The van der Waals surface area contributed by atoms with Crippen LogP contribution in [0.5, 0.6) is 11.5 Å². The van der Waals surface area contributed by atoms with Crippen molar-refractivity contribution in [1.82, 2.24) is 9.97 Å². The number of carboxylic acid groups (broad SMARTS) is 6. The smallest absolute Gasteiger partial charge is 0.871 e. The van der Waals surface area contributed by atoms with Gasteiger partial charge in [0.2, 0.25) is 0 Å². The van der Waals surface area contributed by atoms with E-state index in [0.29, 0.717) is 12.1 Å². The number of hydrogen-bond acceptors (Lipinski definition) is 20. The third kappa shape index (κ3) is 22.3. The fourth-order valence-corrected chi connectivity index (χ4v) is 1.86. The first kappa shape index (κ1) is 78.3. The number of hydrogen-bond donors (Lipinski definition) is 0. The molecule has 4 radical (unpaired) electrons. The minimum atomic E-state index is -2.09. The van der Waals surface area contributed by atoms with E-state index in [9.17, 15) is 69.6 Å². The zero-order valence-corrected chi connectivity index (χ0v) is 24.4. The van der Waals surface area contributed by atoms with Gasteiger partial charge in [0, 0.05) is 19.9 Å². The maximum Gasteiger partial charge on any atom is 2.00 e. The first-order valence-corrected chi connectivity index (χ1v) is 7.74. The van der Waals surface area contributed by atoms with Gasteiger partial charge in [0.05, 0.1) is 58.6 Å². The molecule has 0 spiro atoms. The van der Waals surface area contributed by atoms with Gasteiger partial charge in [-0.15, -0.1) is 0 Å². The predicted molar refractivity (Wildman–Crippen MR) is 108 cm³/mol. The molecule has 0 amide bonds. The summed E-state index contributed by atoms with van der Waals surface area (Å²) in [7, 11) is 0. The summed E-state index contributed by atoms with van der Waals surface area (Å²) in [6.07, 6.45) is 0. The van der Waals surface area contributed by atoms with E-state index < -0.39 is 81.2 Å². The van der Waals surface area contributed by atoms with Crippen LogP contribution < -0.4 is 40.9 Å². The summed E-state index contributed by atoms with van der Waals surface area (Å²) in [4.78, 5) is 96.0. The van der Waals surface area contributed by atoms with Crippen LogP contribution in [0.15, 0.2) is 12.1 Å². The van der Waals surface area contributed by atoms with Gasteiger partial charge in [-0.25, -0.2) is 9.97 Å². The van der Waals surface area contributed by atoms with Gasteiger partial charge >= 0.3 is 68.3 Å². The molecule has 0 aliphatic rings. The number of pyridine rings is 2. The molecule has 0 atom stereocenters. The number of carbonyl (C=O) groups excluding carboxylic acids is 6. The summed E-state index contributed by atoms with van der Waals surface area (Å²) in [5.41, 5.74) is -6.90. The zero-order valence-electron chi connectivity index (χ0n) is 20.6.